The molecular formula is C25H34O. The molecule has 4 atom stereocenters. The Bertz CT molecular complexity index is 656. The zero-order chi connectivity index (χ0) is 17.8. The van der Waals surface area contributed by atoms with Crippen molar-refractivity contribution in [1.29, 1.82) is 0 Å². The number of hydrogen-bond donors (Lipinski definition) is 0. The standard InChI is InChI=1S/C25H34O/c1-2-3-15-26-22-12-7-10-19(16-22)9-5-4-6-11-20-17-21-18-25(20)24-14-8-13-23(21)24/h5,7,9-12,16,21,23-25H,2-4,6,8,13-15,17-18H2,1H3. The molecule has 4 unspecified atom stereocenters. The molecule has 4 rings (SSSR count). The van der Waals surface area contributed by atoms with Gasteiger partial charge in [-0.05, 0) is 86.3 Å². The van der Waals surface area contributed by atoms with Crippen LogP contribution >= 0.6 is 0 Å². The topological polar surface area (TPSA) is 9.23 Å². The Morgan fingerprint density at radius 1 is 1.15 bits per heavy atom. The Kier molecular flexibility index (Phi) is 5.82. The summed E-state index contributed by atoms with van der Waals surface area (Å²) >= 11 is 0. The van der Waals surface area contributed by atoms with E-state index >= 15 is 0 Å². The molecule has 0 aromatic heterocycles. The SMILES string of the molecule is CCCCOc1cccc(C=CCCC=C2CC3CC2C2CCCC32)c1. The summed E-state index contributed by atoms with van der Waals surface area (Å²) in [4.78, 5) is 0. The van der Waals surface area contributed by atoms with Crippen LogP contribution in [0.5, 0.6) is 5.75 Å². The summed E-state index contributed by atoms with van der Waals surface area (Å²) in [5.41, 5.74) is 3.07. The summed E-state index contributed by atoms with van der Waals surface area (Å²) in [7, 11) is 0. The van der Waals surface area contributed by atoms with Gasteiger partial charge in [0.05, 0.1) is 6.61 Å². The van der Waals surface area contributed by atoms with E-state index < -0.39 is 0 Å². The second-order valence-corrected chi connectivity index (χ2v) is 8.60. The number of unbranched alkanes of at least 4 members (excludes halogenated alkanes) is 2. The lowest BCUT2D eigenvalue weighted by Crippen LogP contribution is -2.18. The van der Waals surface area contributed by atoms with Crippen molar-refractivity contribution < 1.29 is 4.74 Å². The molecule has 1 aromatic carbocycles. The van der Waals surface area contributed by atoms with Crippen molar-refractivity contribution in [2.24, 2.45) is 23.7 Å². The maximum absolute atomic E-state index is 5.80. The Morgan fingerprint density at radius 2 is 2.08 bits per heavy atom. The van der Waals surface area contributed by atoms with Crippen molar-refractivity contribution in [3.63, 3.8) is 0 Å². The molecule has 1 nitrogen and oxygen atoms in total. The van der Waals surface area contributed by atoms with Crippen LogP contribution in [-0.4, -0.2) is 6.61 Å². The molecule has 2 bridgehead atoms. The molecule has 0 spiro atoms. The average molecular weight is 351 g/mol. The minimum absolute atomic E-state index is 0.821. The largest absolute Gasteiger partial charge is 0.494 e. The van der Waals surface area contributed by atoms with Gasteiger partial charge in [0.25, 0.3) is 0 Å². The molecule has 0 saturated heterocycles. The lowest BCUT2D eigenvalue weighted by Gasteiger charge is -2.26. The summed E-state index contributed by atoms with van der Waals surface area (Å²) in [5.74, 6) is 5.17. The first kappa shape index (κ1) is 17.9. The Labute approximate surface area is 159 Å². The summed E-state index contributed by atoms with van der Waals surface area (Å²) < 4.78 is 5.80. The molecule has 3 aliphatic carbocycles. The van der Waals surface area contributed by atoms with Gasteiger partial charge in [-0.1, -0.05) is 55.7 Å². The Balaban J connectivity index is 1.24. The lowest BCUT2D eigenvalue weighted by molar-refractivity contribution is 0.304. The van der Waals surface area contributed by atoms with Crippen LogP contribution in [0.15, 0.2) is 42.0 Å². The van der Waals surface area contributed by atoms with Crippen molar-refractivity contribution in [3.8, 4) is 5.75 Å². The highest BCUT2D eigenvalue weighted by Crippen LogP contribution is 2.60. The van der Waals surface area contributed by atoms with Gasteiger partial charge >= 0.3 is 0 Å². The number of ether oxygens (including phenoxy) is 1. The molecule has 0 amide bonds. The summed E-state index contributed by atoms with van der Waals surface area (Å²) in [6, 6.07) is 8.47. The highest BCUT2D eigenvalue weighted by molar-refractivity contribution is 5.51. The summed E-state index contributed by atoms with van der Waals surface area (Å²) in [5, 5.41) is 0. The molecule has 0 heterocycles. The van der Waals surface area contributed by atoms with Gasteiger partial charge in [0.1, 0.15) is 5.75 Å². The third-order valence-corrected chi connectivity index (χ3v) is 6.95. The van der Waals surface area contributed by atoms with Gasteiger partial charge in [0, 0.05) is 0 Å². The first-order chi connectivity index (χ1) is 12.8. The first-order valence-electron chi connectivity index (χ1n) is 10.9. The number of benzene rings is 1. The van der Waals surface area contributed by atoms with E-state index in [9.17, 15) is 0 Å². The second-order valence-electron chi connectivity index (χ2n) is 8.60. The first-order valence-corrected chi connectivity index (χ1v) is 10.9. The van der Waals surface area contributed by atoms with E-state index in [0.29, 0.717) is 0 Å². The fraction of sp³-hybridized carbons (Fsp3) is 0.600. The van der Waals surface area contributed by atoms with Crippen LogP contribution in [-0.2, 0) is 0 Å². The third-order valence-electron chi connectivity index (χ3n) is 6.95. The van der Waals surface area contributed by atoms with Crippen molar-refractivity contribution in [3.05, 3.63) is 47.6 Å². The molecule has 0 radical (unpaired) electrons. The number of allylic oxidation sites excluding steroid dienone is 3. The highest BCUT2D eigenvalue weighted by atomic mass is 16.5. The van der Waals surface area contributed by atoms with E-state index in [1.165, 1.54) is 50.5 Å². The van der Waals surface area contributed by atoms with Crippen LogP contribution in [0.3, 0.4) is 0 Å². The van der Waals surface area contributed by atoms with Gasteiger partial charge in [0.2, 0.25) is 0 Å². The van der Waals surface area contributed by atoms with Crippen molar-refractivity contribution >= 4 is 6.08 Å². The van der Waals surface area contributed by atoms with Crippen molar-refractivity contribution in [1.82, 2.24) is 0 Å². The molecule has 3 fully saturated rings. The Morgan fingerprint density at radius 3 is 3.00 bits per heavy atom. The van der Waals surface area contributed by atoms with Crippen LogP contribution < -0.4 is 4.74 Å². The lowest BCUT2D eigenvalue weighted by atomic mass is 9.78. The van der Waals surface area contributed by atoms with Crippen LogP contribution in [0.2, 0.25) is 0 Å². The van der Waals surface area contributed by atoms with Gasteiger partial charge in [-0.3, -0.25) is 0 Å². The molecule has 26 heavy (non-hydrogen) atoms. The van der Waals surface area contributed by atoms with Crippen LogP contribution in [0, 0.1) is 23.7 Å². The van der Waals surface area contributed by atoms with E-state index in [1.807, 2.05) is 5.57 Å². The maximum atomic E-state index is 5.80. The third kappa shape index (κ3) is 3.92. The summed E-state index contributed by atoms with van der Waals surface area (Å²) in [6.45, 7) is 3.02. The van der Waals surface area contributed by atoms with E-state index in [2.05, 4.69) is 49.4 Å². The van der Waals surface area contributed by atoms with E-state index in [4.69, 9.17) is 4.74 Å². The van der Waals surface area contributed by atoms with Gasteiger partial charge < -0.3 is 4.74 Å². The van der Waals surface area contributed by atoms with E-state index in [0.717, 1.165) is 48.9 Å². The fourth-order valence-corrected chi connectivity index (χ4v) is 5.75. The quantitative estimate of drug-likeness (QED) is 0.361. The van der Waals surface area contributed by atoms with Crippen LogP contribution in [0.25, 0.3) is 6.08 Å². The zero-order valence-corrected chi connectivity index (χ0v) is 16.3. The molecule has 3 aliphatic rings. The molecule has 140 valence electrons. The molecule has 3 saturated carbocycles. The molecule has 0 aliphatic heterocycles. The van der Waals surface area contributed by atoms with Crippen molar-refractivity contribution in [2.75, 3.05) is 6.61 Å². The average Bonchev–Trinajstić information content (AvgIpc) is 3.35. The smallest absolute Gasteiger partial charge is 0.119 e. The van der Waals surface area contributed by atoms with Gasteiger partial charge in [-0.25, -0.2) is 0 Å². The normalized spacial score (nSPS) is 31.2. The highest BCUT2D eigenvalue weighted by Gasteiger charge is 2.51. The summed E-state index contributed by atoms with van der Waals surface area (Å²) in [6.07, 6.45) is 19.3. The van der Waals surface area contributed by atoms with E-state index in [-0.39, 0.29) is 0 Å². The number of fused-ring (bicyclic) bond motifs is 5. The Hall–Kier alpha value is -1.50. The van der Waals surface area contributed by atoms with Crippen LogP contribution in [0.4, 0.5) is 0 Å². The minimum Gasteiger partial charge on any atom is -0.494 e. The zero-order valence-electron chi connectivity index (χ0n) is 16.3. The van der Waals surface area contributed by atoms with Gasteiger partial charge in [-0.15, -0.1) is 0 Å². The van der Waals surface area contributed by atoms with Gasteiger partial charge in [0.15, 0.2) is 0 Å². The van der Waals surface area contributed by atoms with Crippen molar-refractivity contribution in [2.45, 2.75) is 64.7 Å². The monoisotopic (exact) mass is 350 g/mol. The molecule has 0 N–H and O–H groups in total. The minimum atomic E-state index is 0.821. The maximum Gasteiger partial charge on any atom is 0.119 e. The molecule has 1 heteroatoms. The predicted octanol–water partition coefficient (Wildman–Crippen LogP) is 7.04. The number of hydrogen-bond acceptors (Lipinski definition) is 1. The van der Waals surface area contributed by atoms with Gasteiger partial charge in [-0.2, -0.15) is 0 Å². The van der Waals surface area contributed by atoms with E-state index in [1.54, 1.807) is 0 Å². The predicted molar refractivity (Wildman–Crippen MR) is 110 cm³/mol. The number of rotatable bonds is 8. The van der Waals surface area contributed by atoms with Crippen LogP contribution in [0.1, 0.15) is 70.3 Å². The molecule has 1 aromatic rings. The fourth-order valence-electron chi connectivity index (χ4n) is 5.75. The molecular weight excluding hydrogens is 316 g/mol. The second kappa shape index (κ2) is 8.46.